The maximum Gasteiger partial charge on any atom is 0.183 e. The number of azo groups is 1. The number of halogens is 2. The van der Waals surface area contributed by atoms with Gasteiger partial charge < -0.3 is 0 Å². The van der Waals surface area contributed by atoms with Crippen molar-refractivity contribution >= 4 is 28.8 Å². The number of hydrogen-bond donors (Lipinski definition) is 0. The predicted octanol–water partition coefficient (Wildman–Crippen LogP) is 5.97. The fourth-order valence-electron chi connectivity index (χ4n) is 2.34. The van der Waals surface area contributed by atoms with Crippen LogP contribution < -0.4 is 0 Å². The van der Waals surface area contributed by atoms with Gasteiger partial charge in [0.25, 0.3) is 0 Å². The summed E-state index contributed by atoms with van der Waals surface area (Å²) < 4.78 is 15.2. The van der Waals surface area contributed by atoms with Gasteiger partial charge in [0.2, 0.25) is 0 Å². The second kappa shape index (κ2) is 6.08. The minimum absolute atomic E-state index is 0.151. The van der Waals surface area contributed by atoms with Gasteiger partial charge in [0.1, 0.15) is 11.5 Å². The van der Waals surface area contributed by atoms with Gasteiger partial charge in [0.15, 0.2) is 5.82 Å². The molecule has 0 atom stereocenters. The first-order valence-corrected chi connectivity index (χ1v) is 7.69. The molecule has 3 aromatic rings. The molecule has 0 radical (unpaired) electrons. The van der Waals surface area contributed by atoms with Crippen molar-refractivity contribution in [3.63, 3.8) is 0 Å². The third-order valence-corrected chi connectivity index (χ3v) is 3.78. The predicted molar refractivity (Wildman–Crippen MR) is 89.6 cm³/mol. The van der Waals surface area contributed by atoms with Gasteiger partial charge in [0.05, 0.1) is 11.4 Å². The Balaban J connectivity index is 2.12. The highest BCUT2D eigenvalue weighted by Crippen LogP contribution is 2.30. The van der Waals surface area contributed by atoms with Gasteiger partial charge in [-0.25, -0.2) is 9.37 Å². The molecule has 23 heavy (non-hydrogen) atoms. The standard InChI is InChI=1S/C17H16ClFN4/c1-10(2)16-17(23-9-13(19)5-7-15(23)20-16)22-21-14-6-4-12(18)8-11(14)3/h4-10H,1-3H3. The highest BCUT2D eigenvalue weighted by atomic mass is 35.5. The van der Waals surface area contributed by atoms with Gasteiger partial charge in [-0.1, -0.05) is 25.4 Å². The highest BCUT2D eigenvalue weighted by molar-refractivity contribution is 6.30. The van der Waals surface area contributed by atoms with E-state index in [1.54, 1.807) is 22.6 Å². The van der Waals surface area contributed by atoms with Crippen molar-refractivity contribution in [2.75, 3.05) is 0 Å². The van der Waals surface area contributed by atoms with Crippen molar-refractivity contribution in [2.24, 2.45) is 10.2 Å². The average molecular weight is 331 g/mol. The number of fused-ring (bicyclic) bond motifs is 1. The van der Waals surface area contributed by atoms with Crippen LogP contribution in [0.15, 0.2) is 46.8 Å². The zero-order valence-electron chi connectivity index (χ0n) is 13.1. The number of aryl methyl sites for hydroxylation is 1. The normalized spacial score (nSPS) is 11.9. The van der Waals surface area contributed by atoms with Crippen molar-refractivity contribution in [2.45, 2.75) is 26.7 Å². The molecule has 2 aromatic heterocycles. The highest BCUT2D eigenvalue weighted by Gasteiger charge is 2.15. The van der Waals surface area contributed by atoms with Crippen molar-refractivity contribution in [3.8, 4) is 0 Å². The number of rotatable bonds is 3. The minimum Gasteiger partial charge on any atom is -0.280 e. The first-order chi connectivity index (χ1) is 11.0. The van der Waals surface area contributed by atoms with Gasteiger partial charge in [-0.15, -0.1) is 10.2 Å². The Morgan fingerprint density at radius 2 is 1.96 bits per heavy atom. The average Bonchev–Trinajstić information content (AvgIpc) is 2.84. The minimum atomic E-state index is -0.343. The second-order valence-corrected chi connectivity index (χ2v) is 6.12. The molecule has 2 heterocycles. The topological polar surface area (TPSA) is 42.0 Å². The molecule has 0 aliphatic heterocycles. The lowest BCUT2D eigenvalue weighted by molar-refractivity contribution is 0.619. The third kappa shape index (κ3) is 3.10. The summed E-state index contributed by atoms with van der Waals surface area (Å²) in [6.45, 7) is 5.95. The van der Waals surface area contributed by atoms with Crippen molar-refractivity contribution < 1.29 is 4.39 Å². The maximum atomic E-state index is 13.6. The molecular weight excluding hydrogens is 315 g/mol. The van der Waals surface area contributed by atoms with E-state index in [4.69, 9.17) is 11.6 Å². The van der Waals surface area contributed by atoms with E-state index in [-0.39, 0.29) is 11.7 Å². The number of imidazole rings is 1. The number of pyridine rings is 1. The third-order valence-electron chi connectivity index (χ3n) is 3.54. The molecule has 0 saturated heterocycles. The van der Waals surface area contributed by atoms with E-state index in [0.29, 0.717) is 16.5 Å². The summed E-state index contributed by atoms with van der Waals surface area (Å²) in [5.41, 5.74) is 3.07. The van der Waals surface area contributed by atoms with Crippen molar-refractivity contribution in [1.29, 1.82) is 0 Å². The summed E-state index contributed by atoms with van der Waals surface area (Å²) >= 11 is 5.95. The quantitative estimate of drug-likeness (QED) is 0.545. The van der Waals surface area contributed by atoms with Crippen LogP contribution >= 0.6 is 11.6 Å². The van der Waals surface area contributed by atoms with Crippen LogP contribution in [0.25, 0.3) is 5.65 Å². The van der Waals surface area contributed by atoms with Crippen LogP contribution in [0.2, 0.25) is 5.02 Å². The Labute approximate surface area is 138 Å². The summed E-state index contributed by atoms with van der Waals surface area (Å²) in [6.07, 6.45) is 1.37. The van der Waals surface area contributed by atoms with Crippen LogP contribution in [0.1, 0.15) is 31.0 Å². The Hall–Kier alpha value is -2.27. The van der Waals surface area contributed by atoms with E-state index in [0.717, 1.165) is 16.9 Å². The van der Waals surface area contributed by atoms with Gasteiger partial charge >= 0.3 is 0 Å². The van der Waals surface area contributed by atoms with Crippen LogP contribution in [0.5, 0.6) is 0 Å². The van der Waals surface area contributed by atoms with E-state index in [1.807, 2.05) is 26.8 Å². The second-order valence-electron chi connectivity index (χ2n) is 5.68. The van der Waals surface area contributed by atoms with E-state index >= 15 is 0 Å². The lowest BCUT2D eigenvalue weighted by Gasteiger charge is -2.03. The summed E-state index contributed by atoms with van der Waals surface area (Å²) in [5, 5.41) is 9.28. The monoisotopic (exact) mass is 330 g/mol. The van der Waals surface area contributed by atoms with Crippen LogP contribution in [0, 0.1) is 12.7 Å². The van der Waals surface area contributed by atoms with Crippen LogP contribution in [0.4, 0.5) is 15.9 Å². The van der Waals surface area contributed by atoms with Gasteiger partial charge in [-0.3, -0.25) is 4.40 Å². The molecule has 4 nitrogen and oxygen atoms in total. The molecule has 0 spiro atoms. The molecule has 3 rings (SSSR count). The first-order valence-electron chi connectivity index (χ1n) is 7.31. The molecule has 0 fully saturated rings. The van der Waals surface area contributed by atoms with Crippen LogP contribution in [-0.2, 0) is 0 Å². The lowest BCUT2D eigenvalue weighted by atomic mass is 10.1. The number of hydrogen-bond acceptors (Lipinski definition) is 3. The van der Waals surface area contributed by atoms with E-state index in [9.17, 15) is 4.39 Å². The largest absolute Gasteiger partial charge is 0.280 e. The van der Waals surface area contributed by atoms with Crippen molar-refractivity contribution in [1.82, 2.24) is 9.38 Å². The Morgan fingerprint density at radius 3 is 2.65 bits per heavy atom. The van der Waals surface area contributed by atoms with Crippen molar-refractivity contribution in [3.05, 3.63) is 58.6 Å². The first kappa shape index (κ1) is 15.6. The zero-order valence-corrected chi connectivity index (χ0v) is 13.8. The number of aromatic nitrogens is 2. The maximum absolute atomic E-state index is 13.6. The van der Waals surface area contributed by atoms with E-state index < -0.39 is 0 Å². The molecule has 0 bridgehead atoms. The Bertz CT molecular complexity index is 899. The van der Waals surface area contributed by atoms with Gasteiger partial charge in [-0.05, 0) is 48.7 Å². The molecule has 0 aliphatic carbocycles. The number of nitrogens with zero attached hydrogens (tertiary/aromatic N) is 4. The molecular formula is C17H16ClFN4. The van der Waals surface area contributed by atoms with E-state index in [1.165, 1.54) is 12.3 Å². The van der Waals surface area contributed by atoms with E-state index in [2.05, 4.69) is 15.2 Å². The fraction of sp³-hybridized carbons (Fsp3) is 0.235. The molecule has 1 aromatic carbocycles. The molecule has 6 heteroatoms. The Kier molecular flexibility index (Phi) is 4.13. The summed E-state index contributed by atoms with van der Waals surface area (Å²) in [4.78, 5) is 4.52. The molecule has 118 valence electrons. The summed E-state index contributed by atoms with van der Waals surface area (Å²) in [6, 6.07) is 8.42. The fourth-order valence-corrected chi connectivity index (χ4v) is 2.57. The van der Waals surface area contributed by atoms with Gasteiger partial charge in [-0.2, -0.15) is 0 Å². The van der Waals surface area contributed by atoms with Crippen LogP contribution in [0.3, 0.4) is 0 Å². The van der Waals surface area contributed by atoms with Crippen LogP contribution in [-0.4, -0.2) is 9.38 Å². The summed E-state index contributed by atoms with van der Waals surface area (Å²) in [7, 11) is 0. The molecule has 0 aliphatic rings. The summed E-state index contributed by atoms with van der Waals surface area (Å²) in [5.74, 6) is 0.353. The molecule has 0 saturated carbocycles. The lowest BCUT2D eigenvalue weighted by Crippen LogP contribution is -1.88. The molecule has 0 unspecified atom stereocenters. The number of benzene rings is 1. The molecule has 0 N–H and O–H groups in total. The Morgan fingerprint density at radius 1 is 1.17 bits per heavy atom. The zero-order chi connectivity index (χ0) is 16.6. The molecule has 0 amide bonds. The SMILES string of the molecule is Cc1cc(Cl)ccc1N=Nc1c(C(C)C)nc2ccc(F)cn12. The smallest absolute Gasteiger partial charge is 0.183 e. The van der Waals surface area contributed by atoms with Gasteiger partial charge in [0, 0.05) is 11.2 Å².